The Hall–Kier alpha value is -0.0800. The van der Waals surface area contributed by atoms with Crippen molar-refractivity contribution in [1.29, 1.82) is 0 Å². The molecule has 2 heteroatoms. The second-order valence-corrected chi connectivity index (χ2v) is 6.79. The first-order valence-electron chi connectivity index (χ1n) is 8.36. The largest absolute Gasteiger partial charge is 0.314 e. The second-order valence-electron chi connectivity index (χ2n) is 6.79. The Labute approximate surface area is 113 Å². The van der Waals surface area contributed by atoms with Gasteiger partial charge in [0.1, 0.15) is 0 Å². The molecule has 0 aromatic rings. The fraction of sp³-hybridized carbons (Fsp3) is 1.00. The summed E-state index contributed by atoms with van der Waals surface area (Å²) in [6.07, 6.45) is 13.2. The Morgan fingerprint density at radius 3 is 2.39 bits per heavy atom. The molecule has 1 saturated carbocycles. The molecule has 3 aliphatic rings. The fourth-order valence-electron chi connectivity index (χ4n) is 4.27. The normalized spacial score (nSPS) is 36.8. The van der Waals surface area contributed by atoms with Crippen LogP contribution in [0.25, 0.3) is 0 Å². The number of hydrogen-bond donors (Lipinski definition) is 1. The number of rotatable bonds is 6. The van der Waals surface area contributed by atoms with Gasteiger partial charge in [-0.1, -0.05) is 26.2 Å². The van der Waals surface area contributed by atoms with Gasteiger partial charge in [-0.05, 0) is 57.5 Å². The van der Waals surface area contributed by atoms with Crippen molar-refractivity contribution in [2.75, 3.05) is 13.1 Å². The van der Waals surface area contributed by atoms with Gasteiger partial charge in [0.05, 0.1) is 0 Å². The van der Waals surface area contributed by atoms with Gasteiger partial charge in [-0.2, -0.15) is 0 Å². The minimum Gasteiger partial charge on any atom is -0.314 e. The van der Waals surface area contributed by atoms with Gasteiger partial charge in [-0.3, -0.25) is 4.90 Å². The molecule has 0 aromatic heterocycles. The van der Waals surface area contributed by atoms with Crippen molar-refractivity contribution in [3.63, 3.8) is 0 Å². The van der Waals surface area contributed by atoms with Gasteiger partial charge in [0.15, 0.2) is 0 Å². The molecule has 2 bridgehead atoms. The highest BCUT2D eigenvalue weighted by atomic mass is 15.2. The summed E-state index contributed by atoms with van der Waals surface area (Å²) in [5.74, 6) is 1.11. The molecule has 18 heavy (non-hydrogen) atoms. The van der Waals surface area contributed by atoms with E-state index in [4.69, 9.17) is 0 Å². The topological polar surface area (TPSA) is 15.3 Å². The van der Waals surface area contributed by atoms with Crippen LogP contribution >= 0.6 is 0 Å². The van der Waals surface area contributed by atoms with Gasteiger partial charge in [0.2, 0.25) is 0 Å². The maximum atomic E-state index is 3.69. The van der Waals surface area contributed by atoms with E-state index in [1.54, 1.807) is 0 Å². The third-order valence-electron chi connectivity index (χ3n) is 5.34. The van der Waals surface area contributed by atoms with Gasteiger partial charge in [-0.15, -0.1) is 0 Å². The number of nitrogens with one attached hydrogen (secondary N) is 1. The summed E-state index contributed by atoms with van der Waals surface area (Å²) in [6.45, 7) is 4.79. The molecular weight excluding hydrogens is 220 g/mol. The number of piperidine rings is 2. The smallest absolute Gasteiger partial charge is 0.0113 e. The monoisotopic (exact) mass is 250 g/mol. The Morgan fingerprint density at radius 1 is 1.06 bits per heavy atom. The third kappa shape index (κ3) is 3.08. The zero-order chi connectivity index (χ0) is 12.4. The van der Waals surface area contributed by atoms with Crippen LogP contribution in [0.3, 0.4) is 0 Å². The first kappa shape index (κ1) is 12.9. The molecule has 2 saturated heterocycles. The van der Waals surface area contributed by atoms with Gasteiger partial charge in [0, 0.05) is 18.1 Å². The summed E-state index contributed by atoms with van der Waals surface area (Å²) < 4.78 is 0. The van der Waals surface area contributed by atoms with Crippen LogP contribution in [0.15, 0.2) is 0 Å². The molecule has 2 nitrogen and oxygen atoms in total. The van der Waals surface area contributed by atoms with Gasteiger partial charge < -0.3 is 5.32 Å². The molecule has 0 spiro atoms. The van der Waals surface area contributed by atoms with Gasteiger partial charge in [0.25, 0.3) is 0 Å². The molecule has 1 N–H and O–H groups in total. The summed E-state index contributed by atoms with van der Waals surface area (Å²) in [7, 11) is 0. The Bertz CT molecular complexity index is 248. The van der Waals surface area contributed by atoms with E-state index in [1.807, 2.05) is 0 Å². The Balaban J connectivity index is 1.50. The minimum atomic E-state index is 0.810. The third-order valence-corrected chi connectivity index (χ3v) is 5.34. The van der Waals surface area contributed by atoms with E-state index in [1.165, 1.54) is 64.3 Å². The van der Waals surface area contributed by atoms with Crippen LogP contribution in [0.5, 0.6) is 0 Å². The maximum absolute atomic E-state index is 3.69. The SMILES string of the molecule is CCNC1CC2CCCC(C1)N2CCCC1CC1. The molecule has 104 valence electrons. The van der Waals surface area contributed by atoms with E-state index in [2.05, 4.69) is 17.1 Å². The lowest BCUT2D eigenvalue weighted by Gasteiger charge is -2.49. The van der Waals surface area contributed by atoms with E-state index < -0.39 is 0 Å². The number of hydrogen-bond acceptors (Lipinski definition) is 2. The maximum Gasteiger partial charge on any atom is 0.0113 e. The molecular formula is C16H30N2. The van der Waals surface area contributed by atoms with Crippen LogP contribution in [0.4, 0.5) is 0 Å². The summed E-state index contributed by atoms with van der Waals surface area (Å²) in [5, 5.41) is 3.69. The van der Waals surface area contributed by atoms with Crippen molar-refractivity contribution in [3.05, 3.63) is 0 Å². The summed E-state index contributed by atoms with van der Waals surface area (Å²) in [4.78, 5) is 2.89. The van der Waals surface area contributed by atoms with Crippen molar-refractivity contribution < 1.29 is 0 Å². The average molecular weight is 250 g/mol. The molecule has 3 fully saturated rings. The molecule has 0 aromatic carbocycles. The predicted octanol–water partition coefficient (Wildman–Crippen LogP) is 3.17. The second kappa shape index (κ2) is 5.92. The quantitative estimate of drug-likeness (QED) is 0.779. The van der Waals surface area contributed by atoms with Crippen LogP contribution < -0.4 is 5.32 Å². The van der Waals surface area contributed by atoms with Crippen molar-refractivity contribution in [2.45, 2.75) is 82.8 Å². The summed E-state index contributed by atoms with van der Waals surface area (Å²) in [5.41, 5.74) is 0. The van der Waals surface area contributed by atoms with Gasteiger partial charge in [-0.25, -0.2) is 0 Å². The van der Waals surface area contributed by atoms with Crippen LogP contribution in [-0.4, -0.2) is 36.1 Å². The zero-order valence-electron chi connectivity index (χ0n) is 12.0. The molecule has 2 heterocycles. The summed E-state index contributed by atoms with van der Waals surface area (Å²) in [6, 6.07) is 2.62. The van der Waals surface area contributed by atoms with Crippen LogP contribution in [0.1, 0.15) is 64.7 Å². The predicted molar refractivity (Wildman–Crippen MR) is 76.8 cm³/mol. The highest BCUT2D eigenvalue weighted by molar-refractivity contribution is 4.94. The molecule has 3 rings (SSSR count). The van der Waals surface area contributed by atoms with Crippen molar-refractivity contribution >= 4 is 0 Å². The molecule has 2 aliphatic heterocycles. The molecule has 0 amide bonds. The van der Waals surface area contributed by atoms with E-state index >= 15 is 0 Å². The number of nitrogens with zero attached hydrogens (tertiary/aromatic N) is 1. The fourth-order valence-corrected chi connectivity index (χ4v) is 4.27. The molecule has 0 radical (unpaired) electrons. The van der Waals surface area contributed by atoms with E-state index in [0.717, 1.165) is 30.6 Å². The average Bonchev–Trinajstić information content (AvgIpc) is 3.14. The van der Waals surface area contributed by atoms with Gasteiger partial charge >= 0.3 is 0 Å². The summed E-state index contributed by atoms with van der Waals surface area (Å²) >= 11 is 0. The minimum absolute atomic E-state index is 0.810. The lowest BCUT2D eigenvalue weighted by molar-refractivity contribution is 0.0234. The number of fused-ring (bicyclic) bond motifs is 2. The molecule has 2 atom stereocenters. The Kier molecular flexibility index (Phi) is 4.25. The van der Waals surface area contributed by atoms with E-state index in [9.17, 15) is 0 Å². The highest BCUT2D eigenvalue weighted by Gasteiger charge is 2.37. The molecule has 2 unspecified atom stereocenters. The lowest BCUT2D eigenvalue weighted by Crippen LogP contribution is -2.56. The van der Waals surface area contributed by atoms with Crippen LogP contribution in [0, 0.1) is 5.92 Å². The van der Waals surface area contributed by atoms with E-state index in [-0.39, 0.29) is 0 Å². The highest BCUT2D eigenvalue weighted by Crippen LogP contribution is 2.36. The standard InChI is InChI=1S/C16H30N2/c1-2-17-14-11-15-6-3-7-16(12-14)18(15)10-4-5-13-8-9-13/h13-17H,2-12H2,1H3. The Morgan fingerprint density at radius 2 is 1.78 bits per heavy atom. The first-order chi connectivity index (χ1) is 8.86. The first-order valence-corrected chi connectivity index (χ1v) is 8.36. The van der Waals surface area contributed by atoms with Crippen LogP contribution in [0.2, 0.25) is 0 Å². The van der Waals surface area contributed by atoms with E-state index in [0.29, 0.717) is 0 Å². The van der Waals surface area contributed by atoms with Crippen LogP contribution in [-0.2, 0) is 0 Å². The lowest BCUT2D eigenvalue weighted by atomic mass is 9.81. The van der Waals surface area contributed by atoms with Crippen molar-refractivity contribution in [2.24, 2.45) is 5.92 Å². The van der Waals surface area contributed by atoms with Crippen molar-refractivity contribution in [1.82, 2.24) is 10.2 Å². The molecule has 1 aliphatic carbocycles. The zero-order valence-corrected chi connectivity index (χ0v) is 12.0. The van der Waals surface area contributed by atoms with Crippen molar-refractivity contribution in [3.8, 4) is 0 Å².